The first-order valence-corrected chi connectivity index (χ1v) is 8.29. The van der Waals surface area contributed by atoms with E-state index in [1.54, 1.807) is 4.90 Å². The first-order valence-electron chi connectivity index (χ1n) is 7.91. The molecule has 6 nitrogen and oxygen atoms in total. The lowest BCUT2D eigenvalue weighted by Gasteiger charge is -2.34. The van der Waals surface area contributed by atoms with Crippen LogP contribution in [-0.2, 0) is 12.7 Å². The summed E-state index contributed by atoms with van der Waals surface area (Å²) in [5.74, 6) is 0. The van der Waals surface area contributed by atoms with Crippen molar-refractivity contribution in [2.75, 3.05) is 31.9 Å². The third-order valence-electron chi connectivity index (χ3n) is 4.21. The zero-order chi connectivity index (χ0) is 18.9. The zero-order valence-corrected chi connectivity index (χ0v) is 14.5. The molecule has 1 aliphatic heterocycles. The van der Waals surface area contributed by atoms with Crippen molar-refractivity contribution in [2.24, 2.45) is 0 Å². The number of hydrogen-bond acceptors (Lipinski definition) is 4. The van der Waals surface area contributed by atoms with Gasteiger partial charge in [-0.3, -0.25) is 4.90 Å². The summed E-state index contributed by atoms with van der Waals surface area (Å²) in [4.78, 5) is 15.7. The monoisotopic (exact) mass is 387 g/mol. The van der Waals surface area contributed by atoms with Crippen LogP contribution in [0.4, 0.5) is 23.7 Å². The molecule has 10 heteroatoms. The van der Waals surface area contributed by atoms with Crippen LogP contribution in [0.2, 0.25) is 5.02 Å². The molecular weight excluding hydrogens is 371 g/mol. The number of halogens is 4. The molecule has 2 N–H and O–H groups in total. The van der Waals surface area contributed by atoms with Gasteiger partial charge in [0.2, 0.25) is 0 Å². The van der Waals surface area contributed by atoms with E-state index in [1.165, 1.54) is 24.5 Å². The Morgan fingerprint density at radius 1 is 1.23 bits per heavy atom. The van der Waals surface area contributed by atoms with Crippen molar-refractivity contribution in [2.45, 2.75) is 12.7 Å². The molecule has 1 aromatic heterocycles. The maximum absolute atomic E-state index is 13.2. The largest absolute Gasteiger partial charge is 0.416 e. The van der Waals surface area contributed by atoms with Crippen molar-refractivity contribution >= 4 is 23.3 Å². The van der Waals surface area contributed by atoms with Crippen LogP contribution in [-0.4, -0.2) is 51.8 Å². The average Bonchev–Trinajstić information content (AvgIpc) is 3.00. The van der Waals surface area contributed by atoms with Gasteiger partial charge in [0.1, 0.15) is 0 Å². The summed E-state index contributed by atoms with van der Waals surface area (Å²) >= 11 is 5.86. The van der Waals surface area contributed by atoms with E-state index < -0.39 is 11.7 Å². The SMILES string of the molecule is Nc1cnn(C(=O)N2CCN(Cc3cc(Cl)ccc3C(F)(F)F)CC2)c1. The molecule has 0 spiro atoms. The van der Waals surface area contributed by atoms with Crippen LogP contribution >= 0.6 is 11.6 Å². The molecule has 0 atom stereocenters. The second-order valence-electron chi connectivity index (χ2n) is 6.06. The highest BCUT2D eigenvalue weighted by atomic mass is 35.5. The van der Waals surface area contributed by atoms with Crippen molar-refractivity contribution in [3.63, 3.8) is 0 Å². The summed E-state index contributed by atoms with van der Waals surface area (Å²) < 4.78 is 40.6. The van der Waals surface area contributed by atoms with Gasteiger partial charge in [0, 0.05) is 37.7 Å². The molecule has 1 amide bonds. The van der Waals surface area contributed by atoms with E-state index in [-0.39, 0.29) is 23.2 Å². The molecule has 3 rings (SSSR count). The minimum absolute atomic E-state index is 0.117. The minimum atomic E-state index is -4.43. The van der Waals surface area contributed by atoms with Crippen LogP contribution in [0.1, 0.15) is 11.1 Å². The van der Waals surface area contributed by atoms with E-state index in [1.807, 2.05) is 4.90 Å². The van der Waals surface area contributed by atoms with Crippen LogP contribution in [0.25, 0.3) is 0 Å². The zero-order valence-electron chi connectivity index (χ0n) is 13.7. The summed E-state index contributed by atoms with van der Waals surface area (Å²) in [6.07, 6.45) is -1.63. The molecule has 2 aromatic rings. The van der Waals surface area contributed by atoms with Gasteiger partial charge >= 0.3 is 12.2 Å². The van der Waals surface area contributed by atoms with Gasteiger partial charge in [0.05, 0.1) is 23.6 Å². The van der Waals surface area contributed by atoms with Gasteiger partial charge in [-0.25, -0.2) is 4.79 Å². The number of rotatable bonds is 2. The molecule has 2 heterocycles. The summed E-state index contributed by atoms with van der Waals surface area (Å²) in [6, 6.07) is 3.27. The Balaban J connectivity index is 1.64. The highest BCUT2D eigenvalue weighted by Crippen LogP contribution is 2.34. The number of anilines is 1. The van der Waals surface area contributed by atoms with Crippen molar-refractivity contribution in [1.82, 2.24) is 19.6 Å². The number of piperazine rings is 1. The highest BCUT2D eigenvalue weighted by Gasteiger charge is 2.34. The van der Waals surface area contributed by atoms with E-state index in [0.717, 1.165) is 10.7 Å². The molecule has 1 aliphatic rings. The number of carbonyl (C=O) groups excluding carboxylic acids is 1. The Morgan fingerprint density at radius 2 is 1.92 bits per heavy atom. The topological polar surface area (TPSA) is 67.4 Å². The lowest BCUT2D eigenvalue weighted by molar-refractivity contribution is -0.138. The van der Waals surface area contributed by atoms with Crippen molar-refractivity contribution in [3.05, 3.63) is 46.7 Å². The maximum atomic E-state index is 13.2. The molecule has 0 radical (unpaired) electrons. The quantitative estimate of drug-likeness (QED) is 0.860. The second kappa shape index (κ2) is 7.16. The third kappa shape index (κ3) is 4.10. The molecule has 0 saturated carbocycles. The number of carbonyl (C=O) groups is 1. The van der Waals surface area contributed by atoms with Crippen LogP contribution in [0.5, 0.6) is 0 Å². The van der Waals surface area contributed by atoms with Crippen molar-refractivity contribution in [3.8, 4) is 0 Å². The van der Waals surface area contributed by atoms with Gasteiger partial charge in [-0.15, -0.1) is 0 Å². The predicted molar refractivity (Wildman–Crippen MR) is 90.7 cm³/mol. The maximum Gasteiger partial charge on any atom is 0.416 e. The number of benzene rings is 1. The van der Waals surface area contributed by atoms with Crippen LogP contribution < -0.4 is 5.73 Å². The summed E-state index contributed by atoms with van der Waals surface area (Å²) in [7, 11) is 0. The summed E-state index contributed by atoms with van der Waals surface area (Å²) in [5.41, 5.74) is 5.38. The molecule has 0 unspecified atom stereocenters. The highest BCUT2D eigenvalue weighted by molar-refractivity contribution is 6.30. The number of alkyl halides is 3. The Bertz CT molecular complexity index is 799. The minimum Gasteiger partial charge on any atom is -0.396 e. The third-order valence-corrected chi connectivity index (χ3v) is 4.44. The molecule has 0 aliphatic carbocycles. The number of nitrogens with two attached hydrogens (primary N) is 1. The molecule has 1 aromatic carbocycles. The molecular formula is C16H17ClF3N5O. The fourth-order valence-corrected chi connectivity index (χ4v) is 3.09. The van der Waals surface area contributed by atoms with Crippen LogP contribution in [0.3, 0.4) is 0 Å². The second-order valence-corrected chi connectivity index (χ2v) is 6.50. The summed E-state index contributed by atoms with van der Waals surface area (Å²) in [6.45, 7) is 1.80. The lowest BCUT2D eigenvalue weighted by atomic mass is 10.1. The van der Waals surface area contributed by atoms with E-state index in [2.05, 4.69) is 5.10 Å². The number of amides is 1. The Kier molecular flexibility index (Phi) is 5.10. The van der Waals surface area contributed by atoms with Crippen LogP contribution in [0.15, 0.2) is 30.6 Å². The standard InChI is InChI=1S/C16H17ClF3N5O/c17-12-1-2-14(16(18,19)20)11(7-12)9-23-3-5-24(6-4-23)15(26)25-10-13(21)8-22-25/h1-2,7-8,10H,3-6,9,21H2. The number of hydrogen-bond donors (Lipinski definition) is 1. The first-order chi connectivity index (χ1) is 12.2. The van der Waals surface area contributed by atoms with Crippen molar-refractivity contribution in [1.29, 1.82) is 0 Å². The molecule has 26 heavy (non-hydrogen) atoms. The first kappa shape index (κ1) is 18.5. The average molecular weight is 388 g/mol. The van der Waals surface area contributed by atoms with E-state index in [0.29, 0.717) is 31.9 Å². The van der Waals surface area contributed by atoms with Gasteiger partial charge in [-0.2, -0.15) is 23.0 Å². The number of nitrogen functional groups attached to an aromatic ring is 1. The fraction of sp³-hybridized carbons (Fsp3) is 0.375. The van der Waals surface area contributed by atoms with Gasteiger partial charge in [-0.1, -0.05) is 11.6 Å². The van der Waals surface area contributed by atoms with Gasteiger partial charge in [0.25, 0.3) is 0 Å². The Hall–Kier alpha value is -2.26. The van der Waals surface area contributed by atoms with E-state index >= 15 is 0 Å². The predicted octanol–water partition coefficient (Wildman–Crippen LogP) is 2.92. The molecule has 140 valence electrons. The van der Waals surface area contributed by atoms with Gasteiger partial charge in [-0.05, 0) is 23.8 Å². The Morgan fingerprint density at radius 3 is 2.50 bits per heavy atom. The number of aromatic nitrogens is 2. The normalized spacial score (nSPS) is 16.1. The van der Waals surface area contributed by atoms with E-state index in [4.69, 9.17) is 17.3 Å². The Labute approximate surface area is 152 Å². The van der Waals surface area contributed by atoms with Gasteiger partial charge < -0.3 is 10.6 Å². The molecule has 1 fully saturated rings. The van der Waals surface area contributed by atoms with Gasteiger partial charge in [0.15, 0.2) is 0 Å². The van der Waals surface area contributed by atoms with Crippen LogP contribution in [0, 0.1) is 0 Å². The number of nitrogens with zero attached hydrogens (tertiary/aromatic N) is 4. The molecule has 1 saturated heterocycles. The van der Waals surface area contributed by atoms with Crippen molar-refractivity contribution < 1.29 is 18.0 Å². The fourth-order valence-electron chi connectivity index (χ4n) is 2.89. The summed E-state index contributed by atoms with van der Waals surface area (Å²) in [5, 5.41) is 4.14. The smallest absolute Gasteiger partial charge is 0.396 e. The van der Waals surface area contributed by atoms with E-state index in [9.17, 15) is 18.0 Å². The lowest BCUT2D eigenvalue weighted by Crippen LogP contribution is -2.49. The molecule has 0 bridgehead atoms.